The van der Waals surface area contributed by atoms with Gasteiger partial charge in [0.05, 0.1) is 6.61 Å². The molecule has 0 saturated carbocycles. The molecule has 162 valence electrons. The van der Waals surface area contributed by atoms with Gasteiger partial charge in [-0.2, -0.15) is 0 Å². The van der Waals surface area contributed by atoms with E-state index in [0.29, 0.717) is 0 Å². The molecule has 0 aromatic heterocycles. The lowest BCUT2D eigenvalue weighted by molar-refractivity contribution is 0.193. The zero-order valence-corrected chi connectivity index (χ0v) is 18.6. The molecular formula is C22H45O4P. The van der Waals surface area contributed by atoms with Crippen LogP contribution in [0.4, 0.5) is 0 Å². The first-order chi connectivity index (χ1) is 13.1. The quantitative estimate of drug-likeness (QED) is 0.117. The summed E-state index contributed by atoms with van der Waals surface area (Å²) < 4.78 is 14.9. The molecule has 0 fully saturated rings. The van der Waals surface area contributed by atoms with Crippen molar-refractivity contribution < 1.29 is 18.9 Å². The summed E-state index contributed by atoms with van der Waals surface area (Å²) in [5.41, 5.74) is 0. The number of allylic oxidation sites excluding steroid dienone is 2. The third-order valence-electron chi connectivity index (χ3n) is 4.92. The Morgan fingerprint density at radius 2 is 1.00 bits per heavy atom. The highest BCUT2D eigenvalue weighted by molar-refractivity contribution is 7.46. The third kappa shape index (κ3) is 25.8. The summed E-state index contributed by atoms with van der Waals surface area (Å²) in [5, 5.41) is 0. The molecule has 0 unspecified atom stereocenters. The van der Waals surface area contributed by atoms with Gasteiger partial charge in [-0.15, -0.1) is 0 Å². The van der Waals surface area contributed by atoms with E-state index >= 15 is 0 Å². The molecule has 0 amide bonds. The Kier molecular flexibility index (Phi) is 20.5. The Labute approximate surface area is 168 Å². The zero-order valence-electron chi connectivity index (χ0n) is 17.7. The lowest BCUT2D eigenvalue weighted by Gasteiger charge is -2.05. The van der Waals surface area contributed by atoms with Crippen LogP contribution in [0.15, 0.2) is 12.2 Å². The average Bonchev–Trinajstić information content (AvgIpc) is 2.62. The summed E-state index contributed by atoms with van der Waals surface area (Å²) in [6.07, 6.45) is 27.6. The van der Waals surface area contributed by atoms with Gasteiger partial charge in [0.15, 0.2) is 0 Å². The fraction of sp³-hybridized carbons (Fsp3) is 0.909. The number of phosphoric ester groups is 1. The second kappa shape index (κ2) is 20.6. The predicted octanol–water partition coefficient (Wildman–Crippen LogP) is 7.69. The molecular weight excluding hydrogens is 359 g/mol. The molecule has 0 bridgehead atoms. The molecule has 0 heterocycles. The summed E-state index contributed by atoms with van der Waals surface area (Å²) in [6, 6.07) is 0. The summed E-state index contributed by atoms with van der Waals surface area (Å²) in [4.78, 5) is 17.1. The predicted molar refractivity (Wildman–Crippen MR) is 116 cm³/mol. The first kappa shape index (κ1) is 26.9. The van der Waals surface area contributed by atoms with E-state index in [1.165, 1.54) is 96.3 Å². The molecule has 2 N–H and O–H groups in total. The zero-order chi connectivity index (χ0) is 20.1. The van der Waals surface area contributed by atoms with Crippen LogP contribution in [0, 0.1) is 0 Å². The molecule has 4 nitrogen and oxygen atoms in total. The number of hydrogen-bond donors (Lipinski definition) is 2. The van der Waals surface area contributed by atoms with Crippen LogP contribution in [-0.2, 0) is 9.09 Å². The molecule has 0 aromatic carbocycles. The van der Waals surface area contributed by atoms with Crippen molar-refractivity contribution in [3.05, 3.63) is 12.2 Å². The Balaban J connectivity index is 3.11. The molecule has 0 aliphatic heterocycles. The van der Waals surface area contributed by atoms with Crippen molar-refractivity contribution in [3.63, 3.8) is 0 Å². The van der Waals surface area contributed by atoms with E-state index in [9.17, 15) is 4.57 Å². The monoisotopic (exact) mass is 404 g/mol. The fourth-order valence-corrected chi connectivity index (χ4v) is 3.61. The van der Waals surface area contributed by atoms with Gasteiger partial charge in [-0.05, 0) is 32.1 Å². The van der Waals surface area contributed by atoms with Crippen LogP contribution in [0.3, 0.4) is 0 Å². The van der Waals surface area contributed by atoms with Crippen LogP contribution in [0.25, 0.3) is 0 Å². The molecule has 0 aliphatic rings. The molecule has 0 spiro atoms. The minimum atomic E-state index is -4.27. The van der Waals surface area contributed by atoms with Crippen LogP contribution in [0.1, 0.15) is 122 Å². The SMILES string of the molecule is CCCCCCCCC/C=C\CCCCCCCCCCCOP(=O)(O)O. The average molecular weight is 405 g/mol. The minimum absolute atomic E-state index is 0.163. The molecule has 0 rings (SSSR count). The van der Waals surface area contributed by atoms with Gasteiger partial charge in [-0.25, -0.2) is 4.57 Å². The Morgan fingerprint density at radius 3 is 1.41 bits per heavy atom. The van der Waals surface area contributed by atoms with Crippen molar-refractivity contribution in [1.29, 1.82) is 0 Å². The maximum atomic E-state index is 10.5. The van der Waals surface area contributed by atoms with E-state index in [1.54, 1.807) is 0 Å². The molecule has 0 saturated heterocycles. The highest BCUT2D eigenvalue weighted by Gasteiger charge is 2.12. The van der Waals surface area contributed by atoms with Gasteiger partial charge in [-0.1, -0.05) is 103 Å². The first-order valence-electron chi connectivity index (χ1n) is 11.4. The van der Waals surface area contributed by atoms with E-state index in [0.717, 1.165) is 19.3 Å². The summed E-state index contributed by atoms with van der Waals surface area (Å²) >= 11 is 0. The highest BCUT2D eigenvalue weighted by atomic mass is 31.2. The van der Waals surface area contributed by atoms with Crippen molar-refractivity contribution in [3.8, 4) is 0 Å². The second-order valence-corrected chi connectivity index (χ2v) is 8.92. The molecule has 5 heteroatoms. The maximum Gasteiger partial charge on any atom is 0.469 e. The summed E-state index contributed by atoms with van der Waals surface area (Å²) in [7, 11) is -4.27. The van der Waals surface area contributed by atoms with E-state index in [4.69, 9.17) is 9.79 Å². The fourth-order valence-electron chi connectivity index (χ4n) is 3.24. The Bertz CT molecular complexity index is 365. The maximum absolute atomic E-state index is 10.5. The molecule has 0 radical (unpaired) electrons. The standard InChI is InChI=1S/C22H45O4P/c1-2-3-4-5-6-7-8-9-10-11-12-13-14-15-16-17-18-19-20-21-22-26-27(23,24)25/h10-11H,2-9,12-22H2,1H3,(H2,23,24,25)/b11-10-. The van der Waals surface area contributed by atoms with Gasteiger partial charge in [0.1, 0.15) is 0 Å². The lowest BCUT2D eigenvalue weighted by Crippen LogP contribution is -1.92. The van der Waals surface area contributed by atoms with Crippen molar-refractivity contribution >= 4 is 7.82 Å². The van der Waals surface area contributed by atoms with Crippen molar-refractivity contribution in [2.45, 2.75) is 122 Å². The largest absolute Gasteiger partial charge is 0.469 e. The van der Waals surface area contributed by atoms with Crippen LogP contribution < -0.4 is 0 Å². The first-order valence-corrected chi connectivity index (χ1v) is 12.9. The number of unbranched alkanes of at least 4 members (excludes halogenated alkanes) is 16. The van der Waals surface area contributed by atoms with Crippen molar-refractivity contribution in [2.75, 3.05) is 6.61 Å². The molecule has 0 aliphatic carbocycles. The Hall–Kier alpha value is -0.150. The number of hydrogen-bond acceptors (Lipinski definition) is 2. The highest BCUT2D eigenvalue weighted by Crippen LogP contribution is 2.35. The van der Waals surface area contributed by atoms with Crippen molar-refractivity contribution in [2.24, 2.45) is 0 Å². The Morgan fingerprint density at radius 1 is 0.630 bits per heavy atom. The van der Waals surface area contributed by atoms with Gasteiger partial charge in [0.2, 0.25) is 0 Å². The van der Waals surface area contributed by atoms with Gasteiger partial charge >= 0.3 is 7.82 Å². The van der Waals surface area contributed by atoms with Crippen LogP contribution in [-0.4, -0.2) is 16.4 Å². The second-order valence-electron chi connectivity index (χ2n) is 7.68. The normalized spacial score (nSPS) is 12.3. The van der Waals surface area contributed by atoms with E-state index in [2.05, 4.69) is 23.6 Å². The van der Waals surface area contributed by atoms with Crippen LogP contribution >= 0.6 is 7.82 Å². The summed E-state index contributed by atoms with van der Waals surface area (Å²) in [6.45, 7) is 2.43. The van der Waals surface area contributed by atoms with E-state index in [-0.39, 0.29) is 6.61 Å². The summed E-state index contributed by atoms with van der Waals surface area (Å²) in [5.74, 6) is 0. The van der Waals surface area contributed by atoms with Crippen LogP contribution in [0.2, 0.25) is 0 Å². The number of rotatable bonds is 21. The van der Waals surface area contributed by atoms with Gasteiger partial charge in [0, 0.05) is 0 Å². The van der Waals surface area contributed by atoms with Gasteiger partial charge < -0.3 is 9.79 Å². The smallest absolute Gasteiger partial charge is 0.303 e. The van der Waals surface area contributed by atoms with E-state index in [1.807, 2.05) is 0 Å². The number of phosphoric acid groups is 1. The van der Waals surface area contributed by atoms with Gasteiger partial charge in [-0.3, -0.25) is 4.52 Å². The third-order valence-corrected chi connectivity index (χ3v) is 5.43. The molecule has 27 heavy (non-hydrogen) atoms. The molecule has 0 aromatic rings. The van der Waals surface area contributed by atoms with Crippen LogP contribution in [0.5, 0.6) is 0 Å². The minimum Gasteiger partial charge on any atom is -0.303 e. The molecule has 0 atom stereocenters. The van der Waals surface area contributed by atoms with Gasteiger partial charge in [0.25, 0.3) is 0 Å². The lowest BCUT2D eigenvalue weighted by atomic mass is 10.1. The topological polar surface area (TPSA) is 66.8 Å². The van der Waals surface area contributed by atoms with E-state index < -0.39 is 7.82 Å². The van der Waals surface area contributed by atoms with Crippen molar-refractivity contribution in [1.82, 2.24) is 0 Å².